The fourth-order valence-corrected chi connectivity index (χ4v) is 3.41. The number of carbonyl (C=O) groups is 2. The molecule has 28 heavy (non-hydrogen) atoms. The maximum Gasteiger partial charge on any atom is 0.359 e. The Hall–Kier alpha value is -3.48. The van der Waals surface area contributed by atoms with Gasteiger partial charge in [-0.15, -0.1) is 0 Å². The third-order valence-corrected chi connectivity index (χ3v) is 4.72. The fourth-order valence-electron chi connectivity index (χ4n) is 3.41. The van der Waals surface area contributed by atoms with Crippen molar-refractivity contribution in [3.63, 3.8) is 0 Å². The van der Waals surface area contributed by atoms with Gasteiger partial charge in [-0.25, -0.2) is 9.48 Å². The quantitative estimate of drug-likeness (QED) is 0.654. The second-order valence-corrected chi connectivity index (χ2v) is 6.46. The lowest BCUT2D eigenvalue weighted by atomic mass is 10.0. The minimum Gasteiger partial charge on any atom is -0.461 e. The molecule has 0 unspecified atom stereocenters. The molecule has 0 fully saturated rings. The predicted octanol–water partition coefficient (Wildman–Crippen LogP) is 2.64. The molecule has 7 heteroatoms. The number of pyridine rings is 1. The van der Waals surface area contributed by atoms with Crippen LogP contribution >= 0.6 is 0 Å². The SMILES string of the molecule is CCOC(=O)c1nn(-c2ccccc2)c2c1CN(C(=O)c1cccnc1)CC2. The van der Waals surface area contributed by atoms with Crippen molar-refractivity contribution in [1.29, 1.82) is 0 Å². The highest BCUT2D eigenvalue weighted by molar-refractivity contribution is 5.94. The van der Waals surface area contributed by atoms with Crippen LogP contribution in [-0.2, 0) is 17.7 Å². The highest BCUT2D eigenvalue weighted by Crippen LogP contribution is 2.27. The zero-order valence-electron chi connectivity index (χ0n) is 15.5. The number of rotatable bonds is 4. The molecular weight excluding hydrogens is 356 g/mol. The molecule has 3 heterocycles. The van der Waals surface area contributed by atoms with E-state index in [-0.39, 0.29) is 18.2 Å². The Labute approximate surface area is 162 Å². The molecule has 0 aliphatic carbocycles. The second-order valence-electron chi connectivity index (χ2n) is 6.46. The van der Waals surface area contributed by atoms with E-state index < -0.39 is 5.97 Å². The number of benzene rings is 1. The lowest BCUT2D eigenvalue weighted by Crippen LogP contribution is -2.36. The van der Waals surface area contributed by atoms with Gasteiger partial charge in [-0.2, -0.15) is 5.10 Å². The number of hydrogen-bond acceptors (Lipinski definition) is 5. The topological polar surface area (TPSA) is 77.3 Å². The minimum absolute atomic E-state index is 0.110. The lowest BCUT2D eigenvalue weighted by Gasteiger charge is -2.27. The van der Waals surface area contributed by atoms with E-state index >= 15 is 0 Å². The number of aromatic nitrogens is 3. The Balaban J connectivity index is 1.72. The zero-order chi connectivity index (χ0) is 19.5. The molecule has 0 atom stereocenters. The van der Waals surface area contributed by atoms with Crippen molar-refractivity contribution in [2.75, 3.05) is 13.2 Å². The summed E-state index contributed by atoms with van der Waals surface area (Å²) in [7, 11) is 0. The molecule has 0 N–H and O–H groups in total. The van der Waals surface area contributed by atoms with Gasteiger partial charge in [0, 0.05) is 30.9 Å². The fraction of sp³-hybridized carbons (Fsp3) is 0.238. The molecule has 2 aromatic heterocycles. The Morgan fingerprint density at radius 2 is 1.96 bits per heavy atom. The Bertz CT molecular complexity index is 999. The first-order valence-electron chi connectivity index (χ1n) is 9.21. The maximum absolute atomic E-state index is 12.8. The monoisotopic (exact) mass is 376 g/mol. The third-order valence-electron chi connectivity index (χ3n) is 4.72. The summed E-state index contributed by atoms with van der Waals surface area (Å²) >= 11 is 0. The van der Waals surface area contributed by atoms with Crippen molar-refractivity contribution in [2.45, 2.75) is 19.9 Å². The highest BCUT2D eigenvalue weighted by atomic mass is 16.5. The molecule has 0 radical (unpaired) electrons. The van der Waals surface area contributed by atoms with Crippen LogP contribution in [0.5, 0.6) is 0 Å². The average Bonchev–Trinajstić information content (AvgIpc) is 3.13. The van der Waals surface area contributed by atoms with Crippen LogP contribution in [0.15, 0.2) is 54.9 Å². The van der Waals surface area contributed by atoms with E-state index in [4.69, 9.17) is 4.74 Å². The molecule has 1 amide bonds. The van der Waals surface area contributed by atoms with Crippen molar-refractivity contribution in [3.8, 4) is 5.69 Å². The molecular formula is C21H20N4O3. The summed E-state index contributed by atoms with van der Waals surface area (Å²) in [5.74, 6) is -0.579. The van der Waals surface area contributed by atoms with Gasteiger partial charge in [0.15, 0.2) is 5.69 Å². The summed E-state index contributed by atoms with van der Waals surface area (Å²) in [4.78, 5) is 31.1. The zero-order valence-corrected chi connectivity index (χ0v) is 15.5. The van der Waals surface area contributed by atoms with Gasteiger partial charge >= 0.3 is 5.97 Å². The van der Waals surface area contributed by atoms with Crippen LogP contribution in [0, 0.1) is 0 Å². The van der Waals surface area contributed by atoms with E-state index in [0.717, 1.165) is 16.9 Å². The number of carbonyl (C=O) groups excluding carboxylic acids is 2. The Morgan fingerprint density at radius 1 is 1.14 bits per heavy atom. The first-order chi connectivity index (χ1) is 13.7. The average molecular weight is 376 g/mol. The summed E-state index contributed by atoms with van der Waals surface area (Å²) in [5.41, 5.74) is 3.35. The molecule has 1 aromatic carbocycles. The summed E-state index contributed by atoms with van der Waals surface area (Å²) in [5, 5.41) is 4.54. The summed E-state index contributed by atoms with van der Waals surface area (Å²) in [6.07, 6.45) is 3.79. The number of esters is 1. The van der Waals surface area contributed by atoms with Gasteiger partial charge in [0.2, 0.25) is 0 Å². The van der Waals surface area contributed by atoms with E-state index in [1.165, 1.54) is 0 Å². The van der Waals surface area contributed by atoms with Crippen molar-refractivity contribution >= 4 is 11.9 Å². The molecule has 0 spiro atoms. The van der Waals surface area contributed by atoms with E-state index in [2.05, 4.69) is 10.1 Å². The summed E-state index contributed by atoms with van der Waals surface area (Å²) < 4.78 is 6.98. The predicted molar refractivity (Wildman–Crippen MR) is 102 cm³/mol. The van der Waals surface area contributed by atoms with Crippen molar-refractivity contribution in [3.05, 3.63) is 77.4 Å². The van der Waals surface area contributed by atoms with Gasteiger partial charge in [0.05, 0.1) is 30.1 Å². The van der Waals surface area contributed by atoms with Crippen LogP contribution in [0.1, 0.15) is 39.0 Å². The number of hydrogen-bond donors (Lipinski definition) is 0. The Morgan fingerprint density at radius 3 is 2.68 bits per heavy atom. The largest absolute Gasteiger partial charge is 0.461 e. The Kier molecular flexibility index (Phi) is 4.89. The standard InChI is InChI=1S/C21H20N4O3/c1-2-28-21(27)19-17-14-24(20(26)15-7-6-11-22-13-15)12-10-18(17)25(23-19)16-8-4-3-5-9-16/h3-9,11,13H,2,10,12,14H2,1H3. The number of fused-ring (bicyclic) bond motifs is 1. The van der Waals surface area contributed by atoms with Crippen molar-refractivity contribution in [2.24, 2.45) is 0 Å². The second kappa shape index (κ2) is 7.64. The molecule has 4 rings (SSSR count). The number of para-hydroxylation sites is 1. The van der Waals surface area contributed by atoms with Crippen LogP contribution in [-0.4, -0.2) is 44.7 Å². The normalized spacial score (nSPS) is 13.1. The molecule has 0 bridgehead atoms. The summed E-state index contributed by atoms with van der Waals surface area (Å²) in [6.45, 7) is 2.88. The first-order valence-corrected chi connectivity index (χ1v) is 9.21. The minimum atomic E-state index is -0.468. The van der Waals surface area contributed by atoms with Gasteiger partial charge in [0.1, 0.15) is 0 Å². The first kappa shape index (κ1) is 17.9. The number of amides is 1. The maximum atomic E-state index is 12.8. The van der Waals surface area contributed by atoms with Crippen LogP contribution in [0.3, 0.4) is 0 Å². The number of ether oxygens (including phenoxy) is 1. The molecule has 0 saturated heterocycles. The molecule has 3 aromatic rings. The molecule has 142 valence electrons. The highest BCUT2D eigenvalue weighted by Gasteiger charge is 2.31. The van der Waals surface area contributed by atoms with Gasteiger partial charge in [-0.3, -0.25) is 9.78 Å². The molecule has 1 aliphatic rings. The molecule has 0 saturated carbocycles. The van der Waals surface area contributed by atoms with Crippen LogP contribution in [0.4, 0.5) is 0 Å². The van der Waals surface area contributed by atoms with Gasteiger partial charge in [-0.1, -0.05) is 18.2 Å². The number of nitrogens with zero attached hydrogens (tertiary/aromatic N) is 4. The van der Waals surface area contributed by atoms with Crippen molar-refractivity contribution < 1.29 is 14.3 Å². The lowest BCUT2D eigenvalue weighted by molar-refractivity contribution is 0.0513. The van der Waals surface area contributed by atoms with Crippen molar-refractivity contribution in [1.82, 2.24) is 19.7 Å². The molecule has 1 aliphatic heterocycles. The van der Waals surface area contributed by atoms with Gasteiger partial charge in [0.25, 0.3) is 5.91 Å². The van der Waals surface area contributed by atoms with E-state index in [1.807, 2.05) is 30.3 Å². The van der Waals surface area contributed by atoms with Gasteiger partial charge < -0.3 is 9.64 Å². The third kappa shape index (κ3) is 3.26. The van der Waals surface area contributed by atoms with E-state index in [9.17, 15) is 9.59 Å². The molecule has 7 nitrogen and oxygen atoms in total. The van der Waals surface area contributed by atoms with Crippen LogP contribution < -0.4 is 0 Å². The smallest absolute Gasteiger partial charge is 0.359 e. The van der Waals surface area contributed by atoms with Gasteiger partial charge in [-0.05, 0) is 31.2 Å². The summed E-state index contributed by atoms with van der Waals surface area (Å²) in [6, 6.07) is 13.1. The van der Waals surface area contributed by atoms with Crippen LogP contribution in [0.2, 0.25) is 0 Å². The van der Waals surface area contributed by atoms with E-state index in [1.54, 1.807) is 41.0 Å². The van der Waals surface area contributed by atoms with E-state index in [0.29, 0.717) is 25.1 Å². The van der Waals surface area contributed by atoms with Crippen LogP contribution in [0.25, 0.3) is 5.69 Å².